The molecule has 0 aliphatic carbocycles. The molecule has 2 aromatic rings. The van der Waals surface area contributed by atoms with E-state index in [0.717, 1.165) is 0 Å². The van der Waals surface area contributed by atoms with Gasteiger partial charge >= 0.3 is 0 Å². The Hall–Kier alpha value is -1.12. The molecule has 1 aromatic heterocycles. The molecule has 0 saturated heterocycles. The van der Waals surface area contributed by atoms with E-state index < -0.39 is 5.95 Å². The molecular weight excluding hydrogens is 236 g/mol. The van der Waals surface area contributed by atoms with Gasteiger partial charge in [0.05, 0.1) is 0 Å². The summed E-state index contributed by atoms with van der Waals surface area (Å²) in [5, 5.41) is 0.962. The van der Waals surface area contributed by atoms with Crippen LogP contribution in [0.4, 0.5) is 4.39 Å². The van der Waals surface area contributed by atoms with Gasteiger partial charge in [0.25, 0.3) is 0 Å². The molecule has 1 heterocycles. The quantitative estimate of drug-likeness (QED) is 0.683. The molecule has 76 valence electrons. The molecule has 2 rings (SSSR count). The van der Waals surface area contributed by atoms with Gasteiger partial charge in [-0.3, -0.25) is 0 Å². The molecule has 0 N–H and O–H groups in total. The van der Waals surface area contributed by atoms with Gasteiger partial charge in [0.2, 0.25) is 5.95 Å². The highest BCUT2D eigenvalue weighted by molar-refractivity contribution is 6.35. The first kappa shape index (κ1) is 10.4. The second-order valence-corrected chi connectivity index (χ2v) is 3.81. The van der Waals surface area contributed by atoms with Crippen molar-refractivity contribution in [3.05, 3.63) is 52.5 Å². The smallest absolute Gasteiger partial charge is 0.220 e. The third-order valence-corrected chi connectivity index (χ3v) is 2.54. The molecule has 1 nitrogen and oxygen atoms in total. The highest BCUT2D eigenvalue weighted by Crippen LogP contribution is 2.31. The summed E-state index contributed by atoms with van der Waals surface area (Å²) in [6.45, 7) is 0. The first-order valence-electron chi connectivity index (χ1n) is 4.24. The molecular formula is C11H6Cl2FN. The van der Waals surface area contributed by atoms with E-state index in [4.69, 9.17) is 23.2 Å². The monoisotopic (exact) mass is 241 g/mol. The summed E-state index contributed by atoms with van der Waals surface area (Å²) in [5.41, 5.74) is 0.903. The zero-order valence-electron chi connectivity index (χ0n) is 7.55. The van der Waals surface area contributed by atoms with Crippen LogP contribution in [0.25, 0.3) is 11.1 Å². The standard InChI is InChI=1S/C11H6Cl2FN/c12-7-3-4-10(13)9(6-7)8-2-1-5-15-11(8)14/h1-6H. The van der Waals surface area contributed by atoms with Crippen molar-refractivity contribution in [2.75, 3.05) is 0 Å². The maximum Gasteiger partial charge on any atom is 0.220 e. The summed E-state index contributed by atoms with van der Waals surface area (Å²) in [6, 6.07) is 8.16. The van der Waals surface area contributed by atoms with Crippen molar-refractivity contribution in [2.24, 2.45) is 0 Å². The number of halogens is 3. The molecule has 4 heteroatoms. The Balaban J connectivity index is 2.64. The Morgan fingerprint density at radius 1 is 1.07 bits per heavy atom. The molecule has 0 bridgehead atoms. The minimum absolute atomic E-state index is 0.352. The third kappa shape index (κ3) is 2.11. The van der Waals surface area contributed by atoms with E-state index in [2.05, 4.69) is 4.98 Å². The lowest BCUT2D eigenvalue weighted by Gasteiger charge is -2.05. The summed E-state index contributed by atoms with van der Waals surface area (Å²) in [5.74, 6) is -0.554. The predicted octanol–water partition coefficient (Wildman–Crippen LogP) is 4.19. The molecule has 0 atom stereocenters. The second-order valence-electron chi connectivity index (χ2n) is 2.97. The number of hydrogen-bond donors (Lipinski definition) is 0. The van der Waals surface area contributed by atoms with Crippen LogP contribution >= 0.6 is 23.2 Å². The largest absolute Gasteiger partial charge is 0.228 e. The van der Waals surface area contributed by atoms with Gasteiger partial charge < -0.3 is 0 Å². The van der Waals surface area contributed by atoms with Gasteiger partial charge in [0, 0.05) is 27.4 Å². The average Bonchev–Trinajstić information content (AvgIpc) is 2.23. The van der Waals surface area contributed by atoms with Crippen LogP contribution in [0.15, 0.2) is 36.5 Å². The van der Waals surface area contributed by atoms with Crippen molar-refractivity contribution in [3.63, 3.8) is 0 Å². The molecule has 0 saturated carbocycles. The van der Waals surface area contributed by atoms with Gasteiger partial charge in [-0.1, -0.05) is 23.2 Å². The van der Waals surface area contributed by atoms with Crippen LogP contribution in [-0.2, 0) is 0 Å². The Labute approximate surface area is 96.5 Å². The van der Waals surface area contributed by atoms with Crippen LogP contribution in [0.5, 0.6) is 0 Å². The van der Waals surface area contributed by atoms with Crippen molar-refractivity contribution >= 4 is 23.2 Å². The first-order chi connectivity index (χ1) is 7.18. The van der Waals surface area contributed by atoms with E-state index in [1.807, 2.05) is 0 Å². The average molecular weight is 242 g/mol. The topological polar surface area (TPSA) is 12.9 Å². The van der Waals surface area contributed by atoms with Crippen molar-refractivity contribution in [1.29, 1.82) is 0 Å². The van der Waals surface area contributed by atoms with Crippen LogP contribution in [0.3, 0.4) is 0 Å². The number of aromatic nitrogens is 1. The summed E-state index contributed by atoms with van der Waals surface area (Å²) in [6.07, 6.45) is 1.39. The highest BCUT2D eigenvalue weighted by atomic mass is 35.5. The molecule has 0 spiro atoms. The van der Waals surface area contributed by atoms with E-state index >= 15 is 0 Å². The molecule has 0 unspecified atom stereocenters. The predicted molar refractivity (Wildman–Crippen MR) is 59.7 cm³/mol. The summed E-state index contributed by atoms with van der Waals surface area (Å²) < 4.78 is 13.4. The van der Waals surface area contributed by atoms with Crippen molar-refractivity contribution in [1.82, 2.24) is 4.98 Å². The number of benzene rings is 1. The Kier molecular flexibility index (Phi) is 2.89. The van der Waals surface area contributed by atoms with E-state index in [9.17, 15) is 4.39 Å². The second kappa shape index (κ2) is 4.17. The van der Waals surface area contributed by atoms with Gasteiger partial charge in [-0.2, -0.15) is 4.39 Å². The van der Waals surface area contributed by atoms with E-state index in [-0.39, 0.29) is 0 Å². The first-order valence-corrected chi connectivity index (χ1v) is 5.00. The van der Waals surface area contributed by atoms with Crippen LogP contribution in [0, 0.1) is 5.95 Å². The maximum atomic E-state index is 13.4. The maximum absolute atomic E-state index is 13.4. The minimum Gasteiger partial charge on any atom is -0.228 e. The summed E-state index contributed by atoms with van der Waals surface area (Å²) in [4.78, 5) is 3.56. The lowest BCUT2D eigenvalue weighted by atomic mass is 10.1. The molecule has 1 aromatic carbocycles. The van der Waals surface area contributed by atoms with Gasteiger partial charge in [0.1, 0.15) is 0 Å². The SMILES string of the molecule is Fc1ncccc1-c1cc(Cl)ccc1Cl. The van der Waals surface area contributed by atoms with Gasteiger partial charge in [-0.25, -0.2) is 4.98 Å². The highest BCUT2D eigenvalue weighted by Gasteiger charge is 2.09. The van der Waals surface area contributed by atoms with Crippen molar-refractivity contribution < 1.29 is 4.39 Å². The number of nitrogens with zero attached hydrogens (tertiary/aromatic N) is 1. The van der Waals surface area contributed by atoms with Crippen LogP contribution in [0.1, 0.15) is 0 Å². The fraction of sp³-hybridized carbons (Fsp3) is 0. The third-order valence-electron chi connectivity index (χ3n) is 1.98. The molecule has 0 amide bonds. The van der Waals surface area contributed by atoms with Gasteiger partial charge in [0.15, 0.2) is 0 Å². The van der Waals surface area contributed by atoms with Crippen molar-refractivity contribution in [2.45, 2.75) is 0 Å². The number of pyridine rings is 1. The Morgan fingerprint density at radius 2 is 1.87 bits per heavy atom. The Bertz CT molecular complexity index is 500. The van der Waals surface area contributed by atoms with E-state index in [1.165, 1.54) is 6.20 Å². The minimum atomic E-state index is -0.554. The summed E-state index contributed by atoms with van der Waals surface area (Å²) in [7, 11) is 0. The number of rotatable bonds is 1. The lowest BCUT2D eigenvalue weighted by Crippen LogP contribution is -1.88. The fourth-order valence-electron chi connectivity index (χ4n) is 1.29. The zero-order chi connectivity index (χ0) is 10.8. The van der Waals surface area contributed by atoms with Crippen LogP contribution in [0.2, 0.25) is 10.0 Å². The van der Waals surface area contributed by atoms with Crippen LogP contribution in [-0.4, -0.2) is 4.98 Å². The number of hydrogen-bond acceptors (Lipinski definition) is 1. The van der Waals surface area contributed by atoms with E-state index in [0.29, 0.717) is 21.2 Å². The molecule has 0 aliphatic heterocycles. The van der Waals surface area contributed by atoms with E-state index in [1.54, 1.807) is 30.3 Å². The Morgan fingerprint density at radius 3 is 2.60 bits per heavy atom. The normalized spacial score (nSPS) is 10.3. The van der Waals surface area contributed by atoms with Crippen molar-refractivity contribution in [3.8, 4) is 11.1 Å². The van der Waals surface area contributed by atoms with Crippen LogP contribution < -0.4 is 0 Å². The molecule has 0 fully saturated rings. The van der Waals surface area contributed by atoms with Gasteiger partial charge in [-0.15, -0.1) is 0 Å². The summed E-state index contributed by atoms with van der Waals surface area (Å²) >= 11 is 11.8. The van der Waals surface area contributed by atoms with Gasteiger partial charge in [-0.05, 0) is 30.3 Å². The zero-order valence-corrected chi connectivity index (χ0v) is 9.06. The molecule has 15 heavy (non-hydrogen) atoms. The molecule has 0 radical (unpaired) electrons. The fourth-order valence-corrected chi connectivity index (χ4v) is 1.68. The molecule has 0 aliphatic rings. The lowest BCUT2D eigenvalue weighted by molar-refractivity contribution is 0.587.